The Hall–Kier alpha value is -3.35. The van der Waals surface area contributed by atoms with Gasteiger partial charge in [0, 0.05) is 12.0 Å². The van der Waals surface area contributed by atoms with E-state index in [0.29, 0.717) is 12.4 Å². The van der Waals surface area contributed by atoms with E-state index < -0.39 is 5.54 Å². The van der Waals surface area contributed by atoms with Crippen molar-refractivity contribution in [3.8, 4) is 22.5 Å². The fourth-order valence-corrected chi connectivity index (χ4v) is 4.99. The van der Waals surface area contributed by atoms with Gasteiger partial charge in [0.25, 0.3) is 5.91 Å². The predicted molar refractivity (Wildman–Crippen MR) is 128 cm³/mol. The molecule has 1 fully saturated rings. The van der Waals surface area contributed by atoms with Crippen LogP contribution in [-0.2, 0) is 18.4 Å². The van der Waals surface area contributed by atoms with E-state index in [1.54, 1.807) is 7.05 Å². The van der Waals surface area contributed by atoms with Gasteiger partial charge in [0.2, 0.25) is 5.82 Å². The van der Waals surface area contributed by atoms with Gasteiger partial charge in [-0.2, -0.15) is 4.80 Å². The Morgan fingerprint density at radius 3 is 2.39 bits per heavy atom. The highest BCUT2D eigenvalue weighted by atomic mass is 16.2. The number of nitrogens with zero attached hydrogens (tertiary/aromatic N) is 6. The number of carbonyl (C=O) groups excluding carboxylic acids is 1. The number of hydrogen-bond acceptors (Lipinski definition) is 5. The molecule has 0 N–H and O–H groups in total. The van der Waals surface area contributed by atoms with Gasteiger partial charge in [0.05, 0.1) is 13.6 Å². The molecule has 33 heavy (non-hydrogen) atoms. The van der Waals surface area contributed by atoms with Gasteiger partial charge in [-0.05, 0) is 41.2 Å². The average molecular weight is 443 g/mol. The molecule has 1 aromatic heterocycles. The largest absolute Gasteiger partial charge is 0.294 e. The summed E-state index contributed by atoms with van der Waals surface area (Å²) in [5.74, 6) is 1.79. The first-order chi connectivity index (χ1) is 16.1. The van der Waals surface area contributed by atoms with Gasteiger partial charge in [-0.1, -0.05) is 74.7 Å². The first kappa shape index (κ1) is 21.5. The molecule has 0 atom stereocenters. The third-order valence-corrected chi connectivity index (χ3v) is 6.76. The molecule has 2 aliphatic rings. The van der Waals surface area contributed by atoms with Crippen molar-refractivity contribution in [1.29, 1.82) is 0 Å². The average Bonchev–Trinajstić information content (AvgIpc) is 3.55. The van der Waals surface area contributed by atoms with Crippen LogP contribution in [-0.4, -0.2) is 42.4 Å². The minimum absolute atomic E-state index is 0.203. The molecule has 1 aliphatic carbocycles. The Labute approximate surface area is 194 Å². The second-order valence-corrected chi connectivity index (χ2v) is 9.11. The molecular weight excluding hydrogens is 412 g/mol. The molecule has 2 heterocycles. The molecule has 7 nitrogen and oxygen atoms in total. The van der Waals surface area contributed by atoms with Crippen LogP contribution < -0.4 is 0 Å². The summed E-state index contributed by atoms with van der Waals surface area (Å²) in [5.41, 5.74) is 3.73. The summed E-state index contributed by atoms with van der Waals surface area (Å²) >= 11 is 0. The molecule has 5 rings (SSSR count). The highest BCUT2D eigenvalue weighted by molar-refractivity contribution is 6.08. The summed E-state index contributed by atoms with van der Waals surface area (Å²) in [5, 5.41) is 12.5. The Balaban J connectivity index is 1.39. The Kier molecular flexibility index (Phi) is 5.79. The lowest BCUT2D eigenvalue weighted by Gasteiger charge is -2.23. The van der Waals surface area contributed by atoms with Crippen LogP contribution in [0, 0.1) is 0 Å². The molecule has 3 aromatic rings. The van der Waals surface area contributed by atoms with E-state index in [-0.39, 0.29) is 5.91 Å². The van der Waals surface area contributed by atoms with E-state index in [4.69, 9.17) is 4.99 Å². The van der Waals surface area contributed by atoms with Crippen LogP contribution in [0.3, 0.4) is 0 Å². The molecule has 1 aliphatic heterocycles. The van der Waals surface area contributed by atoms with Crippen molar-refractivity contribution in [2.75, 3.05) is 0 Å². The van der Waals surface area contributed by atoms with Gasteiger partial charge in [0.1, 0.15) is 11.4 Å². The molecule has 1 spiro atoms. The lowest BCUT2D eigenvalue weighted by Crippen LogP contribution is -2.40. The van der Waals surface area contributed by atoms with Crippen LogP contribution in [0.25, 0.3) is 22.5 Å². The quantitative estimate of drug-likeness (QED) is 0.527. The second-order valence-electron chi connectivity index (χ2n) is 9.11. The van der Waals surface area contributed by atoms with Crippen LogP contribution in [0.1, 0.15) is 57.4 Å². The van der Waals surface area contributed by atoms with Crippen molar-refractivity contribution < 1.29 is 4.79 Å². The number of rotatable bonds is 7. The zero-order valence-corrected chi connectivity index (χ0v) is 19.4. The first-order valence-electron chi connectivity index (χ1n) is 11.9. The van der Waals surface area contributed by atoms with Gasteiger partial charge >= 0.3 is 0 Å². The molecule has 170 valence electrons. The standard InChI is InChI=1S/C26H30N6O/c1-3-4-11-23-27-26(16-7-8-17-26)25(33)32(23)18-19-12-14-20(15-13-19)21-9-5-6-10-22(21)24-28-30-31(2)29-24/h5-6,9-10,12-15H,3-4,7-8,11,16-18H2,1-2H3. The van der Waals surface area contributed by atoms with E-state index in [1.807, 2.05) is 23.1 Å². The predicted octanol–water partition coefficient (Wildman–Crippen LogP) is 4.79. The van der Waals surface area contributed by atoms with Gasteiger partial charge in [0.15, 0.2) is 0 Å². The monoisotopic (exact) mass is 442 g/mol. The van der Waals surface area contributed by atoms with Crippen LogP contribution in [0.4, 0.5) is 0 Å². The van der Waals surface area contributed by atoms with Gasteiger partial charge in [-0.25, -0.2) is 0 Å². The lowest BCUT2D eigenvalue weighted by molar-refractivity contribution is -0.131. The van der Waals surface area contributed by atoms with Crippen molar-refractivity contribution in [2.45, 2.75) is 64.0 Å². The number of carbonyl (C=O) groups is 1. The van der Waals surface area contributed by atoms with E-state index in [2.05, 4.69) is 52.7 Å². The molecule has 0 bridgehead atoms. The summed E-state index contributed by atoms with van der Waals surface area (Å²) in [6.45, 7) is 2.76. The first-order valence-corrected chi connectivity index (χ1v) is 11.9. The number of amides is 1. The Morgan fingerprint density at radius 1 is 1.00 bits per heavy atom. The van der Waals surface area contributed by atoms with Crippen molar-refractivity contribution in [3.63, 3.8) is 0 Å². The van der Waals surface area contributed by atoms with E-state index in [1.165, 1.54) is 4.80 Å². The minimum Gasteiger partial charge on any atom is -0.294 e. The summed E-state index contributed by atoms with van der Waals surface area (Å²) in [4.78, 5) is 21.8. The molecule has 1 saturated carbocycles. The number of amidine groups is 1. The Morgan fingerprint density at radius 2 is 1.73 bits per heavy atom. The molecule has 0 saturated heterocycles. The summed E-state index contributed by atoms with van der Waals surface area (Å²) in [7, 11) is 1.77. The topological polar surface area (TPSA) is 76.3 Å². The number of benzene rings is 2. The van der Waals surface area contributed by atoms with Crippen LogP contribution >= 0.6 is 0 Å². The summed E-state index contributed by atoms with van der Waals surface area (Å²) < 4.78 is 0. The molecule has 1 amide bonds. The molecule has 0 unspecified atom stereocenters. The fourth-order valence-electron chi connectivity index (χ4n) is 4.99. The number of hydrogen-bond donors (Lipinski definition) is 0. The van der Waals surface area contributed by atoms with Crippen molar-refractivity contribution in [1.82, 2.24) is 25.1 Å². The number of aryl methyl sites for hydroxylation is 1. The molecular formula is C26H30N6O. The van der Waals surface area contributed by atoms with Gasteiger partial charge in [-0.15, -0.1) is 10.2 Å². The van der Waals surface area contributed by atoms with E-state index >= 15 is 0 Å². The lowest BCUT2D eigenvalue weighted by atomic mass is 9.97. The number of aromatic nitrogens is 4. The number of aliphatic imine (C=N–C) groups is 1. The van der Waals surface area contributed by atoms with Gasteiger partial charge in [-0.3, -0.25) is 14.7 Å². The maximum absolute atomic E-state index is 13.4. The third-order valence-electron chi connectivity index (χ3n) is 6.76. The maximum atomic E-state index is 13.4. The maximum Gasteiger partial charge on any atom is 0.256 e. The van der Waals surface area contributed by atoms with Crippen molar-refractivity contribution in [3.05, 3.63) is 54.1 Å². The fraction of sp³-hybridized carbons (Fsp3) is 0.423. The zero-order chi connectivity index (χ0) is 22.8. The van der Waals surface area contributed by atoms with Crippen LogP contribution in [0.2, 0.25) is 0 Å². The third kappa shape index (κ3) is 4.08. The van der Waals surface area contributed by atoms with Crippen LogP contribution in [0.5, 0.6) is 0 Å². The highest BCUT2D eigenvalue weighted by Crippen LogP contribution is 2.40. The molecule has 7 heteroatoms. The minimum atomic E-state index is -0.480. The van der Waals surface area contributed by atoms with Crippen molar-refractivity contribution >= 4 is 11.7 Å². The summed E-state index contributed by atoms with van der Waals surface area (Å²) in [6.07, 6.45) is 7.01. The van der Waals surface area contributed by atoms with Crippen molar-refractivity contribution in [2.24, 2.45) is 12.0 Å². The molecule has 2 aromatic carbocycles. The normalized spacial score (nSPS) is 17.2. The van der Waals surface area contributed by atoms with E-state index in [9.17, 15) is 4.79 Å². The van der Waals surface area contributed by atoms with Gasteiger partial charge < -0.3 is 0 Å². The molecule has 0 radical (unpaired) electrons. The zero-order valence-electron chi connectivity index (χ0n) is 19.4. The Bertz CT molecular complexity index is 1170. The highest BCUT2D eigenvalue weighted by Gasteiger charge is 2.49. The van der Waals surface area contributed by atoms with Crippen LogP contribution in [0.15, 0.2) is 53.5 Å². The summed E-state index contributed by atoms with van der Waals surface area (Å²) in [6, 6.07) is 16.5. The number of unbranched alkanes of at least 4 members (excludes halogenated alkanes) is 1. The second kappa shape index (κ2) is 8.89. The SMILES string of the molecule is CCCCC1=NC2(CCCC2)C(=O)N1Cc1ccc(-c2ccccc2-c2nnn(C)n2)cc1. The smallest absolute Gasteiger partial charge is 0.256 e. The number of tetrazole rings is 1. The van der Waals surface area contributed by atoms with E-state index in [0.717, 1.165) is 73.0 Å².